The van der Waals surface area contributed by atoms with Crippen LogP contribution in [0.3, 0.4) is 0 Å². The number of fused-ring (bicyclic) bond motifs is 1. The van der Waals surface area contributed by atoms with Crippen molar-refractivity contribution >= 4 is 28.6 Å². The smallest absolute Gasteiger partial charge is 0.341 e. The van der Waals surface area contributed by atoms with Gasteiger partial charge in [0.15, 0.2) is 12.3 Å². The lowest BCUT2D eigenvalue weighted by atomic mass is 10.1. The zero-order valence-corrected chi connectivity index (χ0v) is 15.3. The molecule has 0 radical (unpaired) electrons. The number of aryl methyl sites for hydroxylation is 1. The number of carbonyl (C=O) groups is 2. The maximum atomic E-state index is 12.6. The summed E-state index contributed by atoms with van der Waals surface area (Å²) in [6.07, 6.45) is 3.22. The fraction of sp³-hybridized carbons (Fsp3) is 0.263. The number of pyridine rings is 1. The Kier molecular flexibility index (Phi) is 5.07. The summed E-state index contributed by atoms with van der Waals surface area (Å²) in [6.45, 7) is 5.42. The van der Waals surface area contributed by atoms with Crippen LogP contribution in [0.2, 0.25) is 0 Å². The minimum atomic E-state index is -1.05. The van der Waals surface area contributed by atoms with Gasteiger partial charge in [0.05, 0.1) is 11.8 Å². The normalized spacial score (nSPS) is 11.0. The summed E-state index contributed by atoms with van der Waals surface area (Å²) in [4.78, 5) is 27.5. The van der Waals surface area contributed by atoms with Crippen LogP contribution in [-0.4, -0.2) is 38.4 Å². The third kappa shape index (κ3) is 4.05. The summed E-state index contributed by atoms with van der Waals surface area (Å²) < 4.78 is 6.93. The summed E-state index contributed by atoms with van der Waals surface area (Å²) in [5.74, 6) is -0.908. The Morgan fingerprint density at radius 2 is 2.04 bits per heavy atom. The molecule has 3 rings (SSSR count). The van der Waals surface area contributed by atoms with Crippen molar-refractivity contribution in [3.05, 3.63) is 47.8 Å². The number of carboxylic acid groups (broad SMARTS) is 1. The first kappa shape index (κ1) is 18.4. The van der Waals surface area contributed by atoms with Crippen molar-refractivity contribution in [1.29, 1.82) is 0 Å². The van der Waals surface area contributed by atoms with Crippen LogP contribution in [0, 0.1) is 6.92 Å². The number of ether oxygens (including phenoxy) is 1. The molecule has 0 spiro atoms. The molecule has 2 N–H and O–H groups in total. The van der Waals surface area contributed by atoms with E-state index in [2.05, 4.69) is 15.4 Å². The molecule has 0 aliphatic heterocycles. The van der Waals surface area contributed by atoms with Crippen LogP contribution in [0.1, 0.15) is 35.8 Å². The Morgan fingerprint density at radius 1 is 1.26 bits per heavy atom. The molecular formula is C19H20N4O4. The van der Waals surface area contributed by atoms with Gasteiger partial charge in [-0.1, -0.05) is 0 Å². The topological polar surface area (TPSA) is 106 Å². The zero-order chi connectivity index (χ0) is 19.6. The number of nitrogens with one attached hydrogen (secondary N) is 1. The van der Waals surface area contributed by atoms with E-state index in [9.17, 15) is 9.59 Å². The SMILES string of the molecule is Cc1cc(OCC(=O)O)ccc1NC(=O)c1cnc2c(cnn2C(C)C)c1. The van der Waals surface area contributed by atoms with Crippen molar-refractivity contribution in [2.24, 2.45) is 0 Å². The fourth-order valence-corrected chi connectivity index (χ4v) is 2.65. The highest BCUT2D eigenvalue weighted by molar-refractivity contribution is 6.06. The maximum Gasteiger partial charge on any atom is 0.341 e. The highest BCUT2D eigenvalue weighted by atomic mass is 16.5. The quantitative estimate of drug-likeness (QED) is 0.693. The number of nitrogens with zero attached hydrogens (tertiary/aromatic N) is 3. The fourth-order valence-electron chi connectivity index (χ4n) is 2.65. The molecule has 0 saturated carbocycles. The number of carboxylic acids is 1. The summed E-state index contributed by atoms with van der Waals surface area (Å²) in [5, 5.41) is 16.6. The number of benzene rings is 1. The van der Waals surface area contributed by atoms with Gasteiger partial charge in [0.25, 0.3) is 5.91 Å². The van der Waals surface area contributed by atoms with Crippen LogP contribution in [0.4, 0.5) is 5.69 Å². The predicted molar refractivity (Wildman–Crippen MR) is 100 cm³/mol. The molecule has 1 amide bonds. The van der Waals surface area contributed by atoms with Crippen LogP contribution < -0.4 is 10.1 Å². The van der Waals surface area contributed by atoms with E-state index in [0.717, 1.165) is 16.6 Å². The van der Waals surface area contributed by atoms with Gasteiger partial charge in [0.1, 0.15) is 5.75 Å². The number of aromatic nitrogens is 3. The van der Waals surface area contributed by atoms with Gasteiger partial charge in [-0.25, -0.2) is 14.5 Å². The second-order valence-corrected chi connectivity index (χ2v) is 6.43. The molecular weight excluding hydrogens is 348 g/mol. The lowest BCUT2D eigenvalue weighted by molar-refractivity contribution is -0.139. The molecule has 0 aliphatic carbocycles. The Balaban J connectivity index is 1.77. The zero-order valence-electron chi connectivity index (χ0n) is 15.3. The van der Waals surface area contributed by atoms with Gasteiger partial charge < -0.3 is 15.2 Å². The number of hydrogen-bond donors (Lipinski definition) is 2. The summed E-state index contributed by atoms with van der Waals surface area (Å²) in [6, 6.07) is 6.89. The van der Waals surface area contributed by atoms with Crippen LogP contribution in [0.25, 0.3) is 11.0 Å². The van der Waals surface area contributed by atoms with Gasteiger partial charge in [0.2, 0.25) is 0 Å². The van der Waals surface area contributed by atoms with E-state index in [1.165, 1.54) is 6.20 Å². The minimum Gasteiger partial charge on any atom is -0.482 e. The van der Waals surface area contributed by atoms with Gasteiger partial charge in [-0.3, -0.25) is 4.79 Å². The number of hydrogen-bond acceptors (Lipinski definition) is 5. The summed E-state index contributed by atoms with van der Waals surface area (Å²) in [7, 11) is 0. The largest absolute Gasteiger partial charge is 0.482 e. The molecule has 2 aromatic heterocycles. The molecule has 8 nitrogen and oxygen atoms in total. The summed E-state index contributed by atoms with van der Waals surface area (Å²) >= 11 is 0. The number of amides is 1. The second kappa shape index (κ2) is 7.45. The average Bonchev–Trinajstić information content (AvgIpc) is 3.05. The molecule has 1 aromatic carbocycles. The van der Waals surface area contributed by atoms with Gasteiger partial charge in [-0.15, -0.1) is 0 Å². The molecule has 0 atom stereocenters. The van der Waals surface area contributed by atoms with Crippen molar-refractivity contribution in [2.75, 3.05) is 11.9 Å². The number of anilines is 1. The molecule has 0 aliphatic rings. The van der Waals surface area contributed by atoms with Crippen LogP contribution in [0.5, 0.6) is 5.75 Å². The molecule has 0 saturated heterocycles. The molecule has 27 heavy (non-hydrogen) atoms. The van der Waals surface area contributed by atoms with Gasteiger partial charge in [-0.2, -0.15) is 5.10 Å². The van der Waals surface area contributed by atoms with Gasteiger partial charge >= 0.3 is 5.97 Å². The van der Waals surface area contributed by atoms with Crippen molar-refractivity contribution in [2.45, 2.75) is 26.8 Å². The van der Waals surface area contributed by atoms with Gasteiger partial charge in [0, 0.05) is 23.3 Å². The third-order valence-electron chi connectivity index (χ3n) is 3.99. The highest BCUT2D eigenvalue weighted by Crippen LogP contribution is 2.23. The summed E-state index contributed by atoms with van der Waals surface area (Å²) in [5.41, 5.74) is 2.53. The van der Waals surface area contributed by atoms with E-state index in [-0.39, 0.29) is 11.9 Å². The third-order valence-corrected chi connectivity index (χ3v) is 3.99. The first-order valence-corrected chi connectivity index (χ1v) is 8.45. The molecule has 0 fully saturated rings. The van der Waals surface area contributed by atoms with E-state index in [0.29, 0.717) is 17.0 Å². The van der Waals surface area contributed by atoms with E-state index in [4.69, 9.17) is 9.84 Å². The Labute approximate surface area is 155 Å². The van der Waals surface area contributed by atoms with Crippen molar-refractivity contribution in [3.63, 3.8) is 0 Å². The molecule has 0 bridgehead atoms. The van der Waals surface area contributed by atoms with Gasteiger partial charge in [-0.05, 0) is 50.6 Å². The molecule has 0 unspecified atom stereocenters. The van der Waals surface area contributed by atoms with E-state index in [1.54, 1.807) is 42.1 Å². The monoisotopic (exact) mass is 368 g/mol. The number of rotatable bonds is 6. The molecule has 8 heteroatoms. The lowest BCUT2D eigenvalue weighted by Crippen LogP contribution is -2.14. The van der Waals surface area contributed by atoms with E-state index >= 15 is 0 Å². The van der Waals surface area contributed by atoms with Crippen LogP contribution in [-0.2, 0) is 4.79 Å². The Hall–Kier alpha value is -3.42. The number of carbonyl (C=O) groups excluding carboxylic acids is 1. The Morgan fingerprint density at radius 3 is 2.70 bits per heavy atom. The van der Waals surface area contributed by atoms with E-state index < -0.39 is 12.6 Å². The first-order valence-electron chi connectivity index (χ1n) is 8.45. The van der Waals surface area contributed by atoms with Crippen LogP contribution in [0.15, 0.2) is 36.7 Å². The first-order chi connectivity index (χ1) is 12.8. The molecule has 2 heterocycles. The predicted octanol–water partition coefficient (Wildman–Crippen LogP) is 3.04. The Bertz CT molecular complexity index is 1010. The molecule has 3 aromatic rings. The highest BCUT2D eigenvalue weighted by Gasteiger charge is 2.13. The second-order valence-electron chi connectivity index (χ2n) is 6.43. The average molecular weight is 368 g/mol. The van der Waals surface area contributed by atoms with Crippen LogP contribution >= 0.6 is 0 Å². The minimum absolute atomic E-state index is 0.180. The van der Waals surface area contributed by atoms with Crippen molar-refractivity contribution in [1.82, 2.24) is 14.8 Å². The van der Waals surface area contributed by atoms with Crippen molar-refractivity contribution in [3.8, 4) is 5.75 Å². The van der Waals surface area contributed by atoms with Crippen molar-refractivity contribution < 1.29 is 19.4 Å². The van der Waals surface area contributed by atoms with E-state index in [1.807, 2.05) is 13.8 Å². The lowest BCUT2D eigenvalue weighted by Gasteiger charge is -2.11. The molecule has 140 valence electrons. The maximum absolute atomic E-state index is 12.6. The standard InChI is InChI=1S/C19H20N4O4/c1-11(2)23-18-13(9-21-23)7-14(8-20-18)19(26)22-16-5-4-15(6-12(16)3)27-10-17(24)25/h4-9,11H,10H2,1-3H3,(H,22,26)(H,24,25). The number of aliphatic carboxylic acids is 1.